The van der Waals surface area contributed by atoms with Crippen molar-refractivity contribution in [3.63, 3.8) is 0 Å². The molecule has 0 saturated heterocycles. The van der Waals surface area contributed by atoms with Crippen LogP contribution in [-0.2, 0) is 0 Å². The topological polar surface area (TPSA) is 59.9 Å². The van der Waals surface area contributed by atoms with Gasteiger partial charge < -0.3 is 10.1 Å². The van der Waals surface area contributed by atoms with Crippen LogP contribution in [0.5, 0.6) is 5.75 Å². The van der Waals surface area contributed by atoms with Gasteiger partial charge in [-0.1, -0.05) is 38.0 Å². The Hall–Kier alpha value is -2.95. The van der Waals surface area contributed by atoms with E-state index in [1.165, 1.54) is 31.2 Å². The number of hydrogen-bond acceptors (Lipinski definition) is 5. The lowest BCUT2D eigenvalue weighted by molar-refractivity contribution is 0.249. The molecule has 0 spiro atoms. The lowest BCUT2D eigenvalue weighted by Crippen LogP contribution is -2.14. The molecule has 30 heavy (non-hydrogen) atoms. The van der Waals surface area contributed by atoms with Gasteiger partial charge in [0.2, 0.25) is 0 Å². The molecule has 1 fully saturated rings. The lowest BCUT2D eigenvalue weighted by Gasteiger charge is -2.19. The van der Waals surface area contributed by atoms with Gasteiger partial charge in [-0.2, -0.15) is 0 Å². The monoisotopic (exact) mass is 402 g/mol. The predicted octanol–water partition coefficient (Wildman–Crippen LogP) is 5.63. The van der Waals surface area contributed by atoms with Crippen LogP contribution < -0.4 is 10.1 Å². The predicted molar refractivity (Wildman–Crippen MR) is 121 cm³/mol. The molecule has 0 radical (unpaired) electrons. The van der Waals surface area contributed by atoms with E-state index in [4.69, 9.17) is 4.74 Å². The van der Waals surface area contributed by atoms with Crippen LogP contribution >= 0.6 is 0 Å². The fraction of sp³-hybridized carbons (Fsp3) is 0.400. The van der Waals surface area contributed by atoms with E-state index in [9.17, 15) is 0 Å². The third-order valence-electron chi connectivity index (χ3n) is 5.86. The van der Waals surface area contributed by atoms with Crippen molar-refractivity contribution in [2.45, 2.75) is 45.4 Å². The molecule has 1 saturated carbocycles. The Bertz CT molecular complexity index is 951. The second kappa shape index (κ2) is 9.70. The first-order valence-corrected chi connectivity index (χ1v) is 10.9. The third kappa shape index (κ3) is 5.15. The Morgan fingerprint density at radius 2 is 1.90 bits per heavy atom. The summed E-state index contributed by atoms with van der Waals surface area (Å²) in [5, 5.41) is 3.46. The van der Waals surface area contributed by atoms with Crippen molar-refractivity contribution in [3.8, 4) is 17.0 Å². The Morgan fingerprint density at radius 1 is 1.07 bits per heavy atom. The van der Waals surface area contributed by atoms with E-state index in [1.807, 2.05) is 31.3 Å². The fourth-order valence-electron chi connectivity index (χ4n) is 4.00. The van der Waals surface area contributed by atoms with Crippen molar-refractivity contribution < 1.29 is 4.74 Å². The molecule has 1 aliphatic rings. The molecule has 2 aromatic heterocycles. The van der Waals surface area contributed by atoms with Crippen molar-refractivity contribution in [2.75, 3.05) is 18.5 Å². The molecular formula is C25H30N4O. The van der Waals surface area contributed by atoms with Gasteiger partial charge in [-0.3, -0.25) is 4.98 Å². The maximum Gasteiger partial charge on any atom is 0.129 e. The first-order valence-electron chi connectivity index (χ1n) is 10.9. The molecule has 156 valence electrons. The van der Waals surface area contributed by atoms with E-state index < -0.39 is 0 Å². The number of rotatable bonds is 8. The minimum absolute atomic E-state index is 0.296. The zero-order chi connectivity index (χ0) is 20.8. The SMILES string of the molecule is Cc1ccc(-c2cc(NCC(C)c3ccccc3OCC3CCCC3)ncn2)cn1. The quantitative estimate of drug-likeness (QED) is 0.529. The number of nitrogens with zero attached hydrogens (tertiary/aromatic N) is 3. The molecule has 0 amide bonds. The van der Waals surface area contributed by atoms with E-state index >= 15 is 0 Å². The van der Waals surface area contributed by atoms with E-state index in [1.54, 1.807) is 6.33 Å². The van der Waals surface area contributed by atoms with Crippen LogP contribution in [0, 0.1) is 12.8 Å². The molecule has 1 aliphatic carbocycles. The average molecular weight is 403 g/mol. The standard InChI is InChI=1S/C25H30N4O/c1-18(22-9-5-6-10-24(22)30-16-20-7-3-4-8-20)14-27-25-13-23(28-17-29-25)21-12-11-19(2)26-15-21/h5-6,9-13,15,17-18,20H,3-4,7-8,14,16H2,1-2H3,(H,27,28,29). The average Bonchev–Trinajstić information content (AvgIpc) is 3.31. The number of aryl methyl sites for hydroxylation is 1. The van der Waals surface area contributed by atoms with E-state index in [2.05, 4.69) is 51.5 Å². The largest absolute Gasteiger partial charge is 0.493 e. The van der Waals surface area contributed by atoms with Crippen molar-refractivity contribution in [3.05, 3.63) is 66.2 Å². The molecule has 2 heterocycles. The molecule has 1 N–H and O–H groups in total. The summed E-state index contributed by atoms with van der Waals surface area (Å²) in [5.41, 5.74) is 4.09. The maximum absolute atomic E-state index is 6.22. The zero-order valence-electron chi connectivity index (χ0n) is 17.8. The summed E-state index contributed by atoms with van der Waals surface area (Å²) in [7, 11) is 0. The molecule has 5 heteroatoms. The number of hydrogen-bond donors (Lipinski definition) is 1. The van der Waals surface area contributed by atoms with Crippen LogP contribution in [0.4, 0.5) is 5.82 Å². The molecule has 5 nitrogen and oxygen atoms in total. The summed E-state index contributed by atoms with van der Waals surface area (Å²) in [4.78, 5) is 13.1. The van der Waals surface area contributed by atoms with Gasteiger partial charge in [0.15, 0.2) is 0 Å². The van der Waals surface area contributed by atoms with Crippen LogP contribution in [0.15, 0.2) is 55.0 Å². The van der Waals surface area contributed by atoms with Crippen molar-refractivity contribution >= 4 is 5.82 Å². The Labute approximate surface area is 179 Å². The number of pyridine rings is 1. The third-order valence-corrected chi connectivity index (χ3v) is 5.86. The van der Waals surface area contributed by atoms with Gasteiger partial charge in [-0.05, 0) is 49.4 Å². The van der Waals surface area contributed by atoms with Crippen LogP contribution in [0.25, 0.3) is 11.3 Å². The maximum atomic E-state index is 6.22. The lowest BCUT2D eigenvalue weighted by atomic mass is 10.00. The highest BCUT2D eigenvalue weighted by molar-refractivity contribution is 5.61. The van der Waals surface area contributed by atoms with Gasteiger partial charge in [0.05, 0.1) is 12.3 Å². The van der Waals surface area contributed by atoms with Crippen LogP contribution in [0.1, 0.15) is 49.8 Å². The summed E-state index contributed by atoms with van der Waals surface area (Å²) in [6, 6.07) is 14.4. The molecule has 1 unspecified atom stereocenters. The number of aromatic nitrogens is 3. The van der Waals surface area contributed by atoms with Gasteiger partial charge in [-0.25, -0.2) is 9.97 Å². The number of anilines is 1. The second-order valence-corrected chi connectivity index (χ2v) is 8.26. The molecule has 4 rings (SSSR count). The van der Waals surface area contributed by atoms with Gasteiger partial charge >= 0.3 is 0 Å². The van der Waals surface area contributed by atoms with Gasteiger partial charge in [0.1, 0.15) is 17.9 Å². The highest BCUT2D eigenvalue weighted by Gasteiger charge is 2.17. The molecule has 1 atom stereocenters. The highest BCUT2D eigenvalue weighted by Crippen LogP contribution is 2.30. The highest BCUT2D eigenvalue weighted by atomic mass is 16.5. The smallest absolute Gasteiger partial charge is 0.129 e. The summed E-state index contributed by atoms with van der Waals surface area (Å²) in [6.07, 6.45) is 8.73. The zero-order valence-corrected chi connectivity index (χ0v) is 17.8. The molecular weight excluding hydrogens is 372 g/mol. The molecule has 1 aromatic carbocycles. The van der Waals surface area contributed by atoms with E-state index in [-0.39, 0.29) is 0 Å². The Balaban J connectivity index is 1.39. The van der Waals surface area contributed by atoms with Gasteiger partial charge in [0.25, 0.3) is 0 Å². The van der Waals surface area contributed by atoms with Crippen molar-refractivity contribution in [2.24, 2.45) is 5.92 Å². The van der Waals surface area contributed by atoms with Crippen molar-refractivity contribution in [1.82, 2.24) is 15.0 Å². The van der Waals surface area contributed by atoms with Gasteiger partial charge in [-0.15, -0.1) is 0 Å². The summed E-state index contributed by atoms with van der Waals surface area (Å²) >= 11 is 0. The van der Waals surface area contributed by atoms with E-state index in [0.717, 1.165) is 41.7 Å². The molecule has 3 aromatic rings. The Kier molecular flexibility index (Phi) is 6.57. The first kappa shape index (κ1) is 20.3. The molecule has 0 aliphatic heterocycles. The fourth-order valence-corrected chi connectivity index (χ4v) is 4.00. The van der Waals surface area contributed by atoms with Gasteiger partial charge in [0, 0.05) is 36.0 Å². The minimum Gasteiger partial charge on any atom is -0.493 e. The number of ether oxygens (including phenoxy) is 1. The van der Waals surface area contributed by atoms with Crippen molar-refractivity contribution in [1.29, 1.82) is 0 Å². The number of benzene rings is 1. The molecule has 0 bridgehead atoms. The number of para-hydroxylation sites is 1. The van der Waals surface area contributed by atoms with E-state index in [0.29, 0.717) is 11.8 Å². The van der Waals surface area contributed by atoms with Crippen LogP contribution in [0.2, 0.25) is 0 Å². The first-order chi connectivity index (χ1) is 14.7. The second-order valence-electron chi connectivity index (χ2n) is 8.26. The number of nitrogens with one attached hydrogen (secondary N) is 1. The summed E-state index contributed by atoms with van der Waals surface area (Å²) in [6.45, 7) is 5.80. The Morgan fingerprint density at radius 3 is 2.70 bits per heavy atom. The van der Waals surface area contributed by atoms with Crippen LogP contribution in [0.3, 0.4) is 0 Å². The summed E-state index contributed by atoms with van der Waals surface area (Å²) < 4.78 is 6.22. The normalized spacial score (nSPS) is 15.1. The summed E-state index contributed by atoms with van der Waals surface area (Å²) in [5.74, 6) is 2.83. The van der Waals surface area contributed by atoms with Crippen LogP contribution in [-0.4, -0.2) is 28.1 Å². The minimum atomic E-state index is 0.296.